The van der Waals surface area contributed by atoms with Crippen LogP contribution in [0.5, 0.6) is 5.75 Å². The van der Waals surface area contributed by atoms with Gasteiger partial charge in [0.1, 0.15) is 0 Å². The van der Waals surface area contributed by atoms with Crippen LogP contribution in [0, 0.1) is 11.8 Å². The summed E-state index contributed by atoms with van der Waals surface area (Å²) in [7, 11) is 2.04. The van der Waals surface area contributed by atoms with Gasteiger partial charge >= 0.3 is 0 Å². The summed E-state index contributed by atoms with van der Waals surface area (Å²) in [5, 5.41) is 14.7. The Bertz CT molecular complexity index is 1600. The first-order valence-electron chi connectivity index (χ1n) is 14.8. The number of rotatable bonds is 6. The molecule has 218 valence electrons. The third kappa shape index (κ3) is 6.12. The van der Waals surface area contributed by atoms with E-state index in [0.29, 0.717) is 23.2 Å². The van der Waals surface area contributed by atoms with E-state index >= 15 is 0 Å². The number of aromatic hydroxyl groups is 1. The highest BCUT2D eigenvalue weighted by Gasteiger charge is 2.33. The Balaban J connectivity index is 1.45. The molecular formula is C34H36Cl2N4O2. The molecule has 0 spiro atoms. The highest BCUT2D eigenvalue weighted by molar-refractivity contribution is 6.37. The van der Waals surface area contributed by atoms with Crippen LogP contribution < -0.4 is 5.32 Å². The zero-order chi connectivity index (χ0) is 29.4. The predicted octanol–water partition coefficient (Wildman–Crippen LogP) is 8.13. The Hall–Kier alpha value is -3.19. The van der Waals surface area contributed by atoms with Crippen LogP contribution in [0.15, 0.2) is 65.4 Å². The number of aromatic nitrogens is 1. The van der Waals surface area contributed by atoms with Gasteiger partial charge in [-0.3, -0.25) is 14.8 Å². The lowest BCUT2D eigenvalue weighted by Gasteiger charge is -2.35. The van der Waals surface area contributed by atoms with Gasteiger partial charge in [-0.2, -0.15) is 0 Å². The molecule has 6 nitrogen and oxygen atoms in total. The molecule has 6 rings (SSSR count). The number of hydrogen-bond donors (Lipinski definition) is 2. The van der Waals surface area contributed by atoms with Crippen molar-refractivity contribution in [3.05, 3.63) is 76.1 Å². The second-order valence-electron chi connectivity index (χ2n) is 11.9. The van der Waals surface area contributed by atoms with E-state index in [1.807, 2.05) is 25.2 Å². The maximum absolute atomic E-state index is 13.5. The number of fused-ring (bicyclic) bond motifs is 1. The van der Waals surface area contributed by atoms with Crippen molar-refractivity contribution in [2.75, 3.05) is 20.1 Å². The van der Waals surface area contributed by atoms with Gasteiger partial charge in [0.15, 0.2) is 11.5 Å². The van der Waals surface area contributed by atoms with E-state index in [0.717, 1.165) is 66.5 Å². The number of nitrogens with one attached hydrogen (secondary N) is 1. The number of carbonyl (C=O) groups is 1. The number of phenols is 1. The van der Waals surface area contributed by atoms with E-state index in [9.17, 15) is 9.90 Å². The predicted molar refractivity (Wildman–Crippen MR) is 172 cm³/mol. The summed E-state index contributed by atoms with van der Waals surface area (Å²) < 4.78 is 0. The molecule has 2 aromatic carbocycles. The first-order valence-corrected chi connectivity index (χ1v) is 15.6. The molecular weight excluding hydrogens is 567 g/mol. The maximum atomic E-state index is 13.5. The number of piperidine rings is 1. The molecule has 2 aliphatic carbocycles. The number of benzene rings is 2. The molecule has 0 bridgehead atoms. The number of aliphatic imine (C=N–C) groups is 1. The van der Waals surface area contributed by atoms with Crippen LogP contribution in [-0.4, -0.2) is 52.7 Å². The molecule has 2 atom stereocenters. The van der Waals surface area contributed by atoms with Crippen molar-refractivity contribution in [2.45, 2.75) is 51.5 Å². The SMILES string of the molecule is CNC1CCCN(C2=CCC(C)CC(=Nc3c(C(=O)C4CC4)cnc4ccc(-c5cc(Cl)c(O)c(Cl)c5)cc34)C=C2)C1. The molecule has 0 amide bonds. The lowest BCUT2D eigenvalue weighted by Crippen LogP contribution is -2.43. The third-order valence-corrected chi connectivity index (χ3v) is 9.16. The number of allylic oxidation sites excluding steroid dienone is 3. The molecule has 2 N–H and O–H groups in total. The normalized spacial score (nSPS) is 22.2. The molecule has 1 aliphatic heterocycles. The van der Waals surface area contributed by atoms with Gasteiger partial charge in [0, 0.05) is 48.0 Å². The molecule has 1 saturated carbocycles. The quantitative estimate of drug-likeness (QED) is 0.278. The van der Waals surface area contributed by atoms with Crippen molar-refractivity contribution < 1.29 is 9.90 Å². The first-order chi connectivity index (χ1) is 20.3. The minimum atomic E-state index is -0.140. The Labute approximate surface area is 257 Å². The molecule has 42 heavy (non-hydrogen) atoms. The van der Waals surface area contributed by atoms with Crippen LogP contribution in [-0.2, 0) is 0 Å². The number of likely N-dealkylation sites (tertiary alicyclic amines) is 1. The minimum Gasteiger partial charge on any atom is -0.505 e. The van der Waals surface area contributed by atoms with Crippen molar-refractivity contribution in [2.24, 2.45) is 16.8 Å². The average Bonchev–Trinajstić information content (AvgIpc) is 3.84. The summed E-state index contributed by atoms with van der Waals surface area (Å²) >= 11 is 12.5. The minimum absolute atomic E-state index is 0.0432. The van der Waals surface area contributed by atoms with Crippen LogP contribution in [0.25, 0.3) is 22.0 Å². The number of pyridine rings is 1. The summed E-state index contributed by atoms with van der Waals surface area (Å²) in [6, 6.07) is 9.75. The number of ketones is 1. The molecule has 1 aromatic heterocycles. The number of carbonyl (C=O) groups excluding carboxylic acids is 1. The molecule has 1 saturated heterocycles. The Morgan fingerprint density at radius 3 is 2.62 bits per heavy atom. The number of hydrogen-bond acceptors (Lipinski definition) is 6. The average molecular weight is 604 g/mol. The number of Topliss-reactive ketones (excluding diaryl/α,β-unsaturated/α-hetero) is 1. The molecule has 2 unspecified atom stereocenters. The van der Waals surface area contributed by atoms with Crippen molar-refractivity contribution in [3.63, 3.8) is 0 Å². The van der Waals surface area contributed by atoms with Crippen LogP contribution in [0.1, 0.15) is 55.8 Å². The summed E-state index contributed by atoms with van der Waals surface area (Å²) in [4.78, 5) is 25.9. The number of likely N-dealkylation sites (N-methyl/N-ethyl adjacent to an activating group) is 1. The van der Waals surface area contributed by atoms with Gasteiger partial charge in [-0.25, -0.2) is 0 Å². The fourth-order valence-corrected chi connectivity index (χ4v) is 6.43. The third-order valence-electron chi connectivity index (χ3n) is 8.59. The van der Waals surface area contributed by atoms with E-state index in [1.54, 1.807) is 18.3 Å². The molecule has 2 heterocycles. The Morgan fingerprint density at radius 2 is 1.88 bits per heavy atom. The van der Waals surface area contributed by atoms with Crippen LogP contribution >= 0.6 is 23.2 Å². The van der Waals surface area contributed by atoms with Crippen LogP contribution in [0.4, 0.5) is 5.69 Å². The van der Waals surface area contributed by atoms with E-state index in [4.69, 9.17) is 28.2 Å². The molecule has 3 aromatic rings. The van der Waals surface area contributed by atoms with E-state index in [1.165, 1.54) is 18.5 Å². The zero-order valence-electron chi connectivity index (χ0n) is 24.0. The van der Waals surface area contributed by atoms with Gasteiger partial charge in [-0.15, -0.1) is 0 Å². The Kier molecular flexibility index (Phi) is 8.39. The largest absolute Gasteiger partial charge is 0.505 e. The first kappa shape index (κ1) is 28.9. The number of nitrogens with zero attached hydrogens (tertiary/aromatic N) is 3. The second kappa shape index (κ2) is 12.2. The smallest absolute Gasteiger partial charge is 0.169 e. The van der Waals surface area contributed by atoms with Crippen LogP contribution in [0.2, 0.25) is 10.0 Å². The summed E-state index contributed by atoms with van der Waals surface area (Å²) in [6.07, 6.45) is 14.3. The van der Waals surface area contributed by atoms with Gasteiger partial charge in [0.05, 0.1) is 26.8 Å². The van der Waals surface area contributed by atoms with E-state index in [-0.39, 0.29) is 27.5 Å². The molecule has 3 aliphatic rings. The van der Waals surface area contributed by atoms with Gasteiger partial charge in [-0.05, 0) is 99.0 Å². The molecule has 8 heteroatoms. The summed E-state index contributed by atoms with van der Waals surface area (Å²) in [5.41, 5.74) is 5.81. The summed E-state index contributed by atoms with van der Waals surface area (Å²) in [5.74, 6) is 0.418. The van der Waals surface area contributed by atoms with Crippen molar-refractivity contribution in [3.8, 4) is 16.9 Å². The fraction of sp³-hybridized carbons (Fsp3) is 0.382. The standard InChI is InChI=1S/C34H36Cl2N4O2/c1-20-5-10-26(40-13-3-4-25(19-40)37-2)11-9-24(14-20)39-32-27-15-22(23-16-29(35)34(42)30(36)17-23)8-12-31(27)38-18-28(32)33(41)21-6-7-21/h8-12,15-18,20-21,25,37,42H,3-7,13-14,19H2,1-2H3. The van der Waals surface area contributed by atoms with Gasteiger partial charge < -0.3 is 15.3 Å². The van der Waals surface area contributed by atoms with Gasteiger partial charge in [0.25, 0.3) is 0 Å². The monoisotopic (exact) mass is 602 g/mol. The van der Waals surface area contributed by atoms with Crippen molar-refractivity contribution in [1.82, 2.24) is 15.2 Å². The maximum Gasteiger partial charge on any atom is 0.169 e. The molecule has 0 radical (unpaired) electrons. The Morgan fingerprint density at radius 1 is 1.10 bits per heavy atom. The van der Waals surface area contributed by atoms with E-state index in [2.05, 4.69) is 40.4 Å². The van der Waals surface area contributed by atoms with Gasteiger partial charge in [-0.1, -0.05) is 42.3 Å². The number of phenolic OH excluding ortho intramolecular Hbond substituents is 1. The number of halogens is 2. The van der Waals surface area contributed by atoms with E-state index < -0.39 is 0 Å². The van der Waals surface area contributed by atoms with Crippen LogP contribution in [0.3, 0.4) is 0 Å². The van der Waals surface area contributed by atoms with Crippen molar-refractivity contribution >= 4 is 51.3 Å². The lowest BCUT2D eigenvalue weighted by atomic mass is 9.95. The van der Waals surface area contributed by atoms with Gasteiger partial charge in [0.2, 0.25) is 0 Å². The highest BCUT2D eigenvalue weighted by atomic mass is 35.5. The summed E-state index contributed by atoms with van der Waals surface area (Å²) in [6.45, 7) is 4.31. The van der Waals surface area contributed by atoms with Crippen molar-refractivity contribution in [1.29, 1.82) is 0 Å². The topological polar surface area (TPSA) is 77.8 Å². The molecule has 2 fully saturated rings. The zero-order valence-corrected chi connectivity index (χ0v) is 25.5. The highest BCUT2D eigenvalue weighted by Crippen LogP contribution is 2.41. The lowest BCUT2D eigenvalue weighted by molar-refractivity contribution is 0.0968. The fourth-order valence-electron chi connectivity index (χ4n) is 5.94. The second-order valence-corrected chi connectivity index (χ2v) is 12.7.